The molecule has 0 atom stereocenters. The molecule has 0 unspecified atom stereocenters. The molecule has 0 amide bonds. The van der Waals surface area contributed by atoms with Crippen molar-refractivity contribution in [3.05, 3.63) is 65.0 Å². The normalized spacial score (nSPS) is 10.2. The van der Waals surface area contributed by atoms with Gasteiger partial charge in [-0.15, -0.1) is 0 Å². The second kappa shape index (κ2) is 5.52. The van der Waals surface area contributed by atoms with E-state index in [9.17, 15) is 9.18 Å². The van der Waals surface area contributed by atoms with E-state index in [4.69, 9.17) is 9.84 Å². The Hall–Kier alpha value is -2.36. The number of halogens is 1. The lowest BCUT2D eigenvalue weighted by atomic mass is 10.1. The lowest BCUT2D eigenvalue weighted by Gasteiger charge is -2.10. The van der Waals surface area contributed by atoms with Gasteiger partial charge in [0.2, 0.25) is 0 Å². The summed E-state index contributed by atoms with van der Waals surface area (Å²) in [7, 11) is 0. The Morgan fingerprint density at radius 3 is 2.68 bits per heavy atom. The Morgan fingerprint density at radius 1 is 1.26 bits per heavy atom. The number of carboxylic acids is 1. The number of benzene rings is 2. The first kappa shape index (κ1) is 13.1. The molecule has 0 aliphatic rings. The first-order chi connectivity index (χ1) is 9.08. The Morgan fingerprint density at radius 2 is 2.00 bits per heavy atom. The summed E-state index contributed by atoms with van der Waals surface area (Å²) in [6.07, 6.45) is 0. The van der Waals surface area contributed by atoms with Crippen LogP contribution in [0.25, 0.3) is 0 Å². The number of carbonyl (C=O) groups is 1. The van der Waals surface area contributed by atoms with Crippen LogP contribution < -0.4 is 4.74 Å². The molecule has 0 aliphatic carbocycles. The van der Waals surface area contributed by atoms with Gasteiger partial charge in [0, 0.05) is 5.56 Å². The summed E-state index contributed by atoms with van der Waals surface area (Å²) in [5.74, 6) is -1.19. The summed E-state index contributed by atoms with van der Waals surface area (Å²) >= 11 is 0. The van der Waals surface area contributed by atoms with Gasteiger partial charge in [-0.2, -0.15) is 0 Å². The highest BCUT2D eigenvalue weighted by molar-refractivity contribution is 5.91. The predicted molar refractivity (Wildman–Crippen MR) is 68.9 cm³/mol. The van der Waals surface area contributed by atoms with E-state index in [-0.39, 0.29) is 23.7 Å². The number of ether oxygens (including phenoxy) is 1. The average Bonchev–Trinajstić information content (AvgIpc) is 2.38. The number of hydrogen-bond donors (Lipinski definition) is 1. The minimum absolute atomic E-state index is 0.00395. The van der Waals surface area contributed by atoms with E-state index in [0.29, 0.717) is 5.56 Å². The molecule has 0 saturated carbocycles. The summed E-state index contributed by atoms with van der Waals surface area (Å²) in [5, 5.41) is 9.09. The van der Waals surface area contributed by atoms with Crippen molar-refractivity contribution in [2.45, 2.75) is 13.5 Å². The molecule has 0 heterocycles. The Balaban J connectivity index is 2.20. The minimum atomic E-state index is -1.06. The van der Waals surface area contributed by atoms with Crippen molar-refractivity contribution in [2.24, 2.45) is 0 Å². The second-order valence-electron chi connectivity index (χ2n) is 4.18. The number of rotatable bonds is 4. The number of aromatic carboxylic acids is 1. The standard InChI is InChI=1S/C15H13FO3/c1-10-6-7-14(12(8-10)15(17)18)19-9-11-4-2-3-5-13(11)16/h2-8H,9H2,1H3,(H,17,18). The van der Waals surface area contributed by atoms with Gasteiger partial charge in [-0.05, 0) is 25.1 Å². The highest BCUT2D eigenvalue weighted by atomic mass is 19.1. The van der Waals surface area contributed by atoms with E-state index in [2.05, 4.69) is 0 Å². The van der Waals surface area contributed by atoms with Crippen molar-refractivity contribution in [3.63, 3.8) is 0 Å². The fourth-order valence-electron chi connectivity index (χ4n) is 1.71. The molecule has 0 spiro atoms. The minimum Gasteiger partial charge on any atom is -0.488 e. The Kier molecular flexibility index (Phi) is 3.80. The molecule has 4 heteroatoms. The van der Waals surface area contributed by atoms with Gasteiger partial charge < -0.3 is 9.84 Å². The summed E-state index contributed by atoms with van der Waals surface area (Å²) in [5.41, 5.74) is 1.30. The van der Waals surface area contributed by atoms with Crippen LogP contribution in [0.15, 0.2) is 42.5 Å². The van der Waals surface area contributed by atoms with E-state index < -0.39 is 5.97 Å². The van der Waals surface area contributed by atoms with E-state index in [0.717, 1.165) is 5.56 Å². The van der Waals surface area contributed by atoms with Gasteiger partial charge >= 0.3 is 5.97 Å². The maximum atomic E-state index is 13.4. The van der Waals surface area contributed by atoms with Gasteiger partial charge in [-0.1, -0.05) is 29.8 Å². The summed E-state index contributed by atoms with van der Waals surface area (Å²) < 4.78 is 18.8. The first-order valence-electron chi connectivity index (χ1n) is 5.78. The molecule has 2 aromatic carbocycles. The SMILES string of the molecule is Cc1ccc(OCc2ccccc2F)c(C(=O)O)c1. The average molecular weight is 260 g/mol. The lowest BCUT2D eigenvalue weighted by molar-refractivity contribution is 0.0691. The molecule has 0 bridgehead atoms. The third-order valence-corrected chi connectivity index (χ3v) is 2.71. The fraction of sp³-hybridized carbons (Fsp3) is 0.133. The monoisotopic (exact) mass is 260 g/mol. The molecule has 98 valence electrons. The van der Waals surface area contributed by atoms with Gasteiger partial charge in [0.15, 0.2) is 0 Å². The fourth-order valence-corrected chi connectivity index (χ4v) is 1.71. The van der Waals surface area contributed by atoms with Crippen LogP contribution in [-0.2, 0) is 6.61 Å². The highest BCUT2D eigenvalue weighted by Crippen LogP contribution is 2.21. The van der Waals surface area contributed by atoms with Crippen LogP contribution in [0.1, 0.15) is 21.5 Å². The highest BCUT2D eigenvalue weighted by Gasteiger charge is 2.12. The molecule has 0 aromatic heterocycles. The van der Waals surface area contributed by atoms with Crippen molar-refractivity contribution in [1.29, 1.82) is 0 Å². The van der Waals surface area contributed by atoms with Crippen LogP contribution in [0.3, 0.4) is 0 Å². The first-order valence-corrected chi connectivity index (χ1v) is 5.78. The van der Waals surface area contributed by atoms with Gasteiger partial charge in [0.05, 0.1) is 0 Å². The summed E-state index contributed by atoms with van der Waals surface area (Å²) in [4.78, 5) is 11.1. The molecule has 0 aliphatic heterocycles. The number of carboxylic acid groups (broad SMARTS) is 1. The topological polar surface area (TPSA) is 46.5 Å². The van der Waals surface area contributed by atoms with Crippen LogP contribution in [0, 0.1) is 12.7 Å². The molecule has 3 nitrogen and oxygen atoms in total. The molecule has 0 radical (unpaired) electrons. The van der Waals surface area contributed by atoms with E-state index in [1.54, 1.807) is 37.3 Å². The quantitative estimate of drug-likeness (QED) is 0.916. The smallest absolute Gasteiger partial charge is 0.339 e. The molecule has 2 aromatic rings. The van der Waals surface area contributed by atoms with Crippen LogP contribution in [-0.4, -0.2) is 11.1 Å². The molecule has 1 N–H and O–H groups in total. The lowest BCUT2D eigenvalue weighted by Crippen LogP contribution is -2.04. The maximum Gasteiger partial charge on any atom is 0.339 e. The number of hydrogen-bond acceptors (Lipinski definition) is 2. The zero-order chi connectivity index (χ0) is 13.8. The molecular formula is C15H13FO3. The molecule has 0 fully saturated rings. The summed E-state index contributed by atoms with van der Waals surface area (Å²) in [6, 6.07) is 11.1. The van der Waals surface area contributed by atoms with Crippen LogP contribution in [0.5, 0.6) is 5.75 Å². The zero-order valence-corrected chi connectivity index (χ0v) is 10.4. The number of aryl methyl sites for hydroxylation is 1. The largest absolute Gasteiger partial charge is 0.488 e. The van der Waals surface area contributed by atoms with E-state index in [1.807, 2.05) is 0 Å². The van der Waals surface area contributed by atoms with Gasteiger partial charge in [-0.3, -0.25) is 0 Å². The van der Waals surface area contributed by atoms with E-state index in [1.165, 1.54) is 12.1 Å². The summed E-state index contributed by atoms with van der Waals surface area (Å²) in [6.45, 7) is 1.79. The third kappa shape index (κ3) is 3.10. The van der Waals surface area contributed by atoms with Gasteiger partial charge in [-0.25, -0.2) is 9.18 Å². The van der Waals surface area contributed by atoms with Crippen LogP contribution >= 0.6 is 0 Å². The Bertz CT molecular complexity index is 608. The maximum absolute atomic E-state index is 13.4. The molecular weight excluding hydrogens is 247 g/mol. The van der Waals surface area contributed by atoms with Crippen molar-refractivity contribution >= 4 is 5.97 Å². The van der Waals surface area contributed by atoms with Crippen LogP contribution in [0.2, 0.25) is 0 Å². The van der Waals surface area contributed by atoms with Crippen molar-refractivity contribution < 1.29 is 19.0 Å². The molecule has 19 heavy (non-hydrogen) atoms. The van der Waals surface area contributed by atoms with Gasteiger partial charge in [0.25, 0.3) is 0 Å². The zero-order valence-electron chi connectivity index (χ0n) is 10.4. The van der Waals surface area contributed by atoms with E-state index >= 15 is 0 Å². The third-order valence-electron chi connectivity index (χ3n) is 2.71. The van der Waals surface area contributed by atoms with Crippen molar-refractivity contribution in [3.8, 4) is 5.75 Å². The van der Waals surface area contributed by atoms with Crippen molar-refractivity contribution in [2.75, 3.05) is 0 Å². The predicted octanol–water partition coefficient (Wildman–Crippen LogP) is 3.41. The molecule has 2 rings (SSSR count). The second-order valence-corrected chi connectivity index (χ2v) is 4.18. The van der Waals surface area contributed by atoms with Gasteiger partial charge in [0.1, 0.15) is 23.7 Å². The Labute approximate surface area is 110 Å². The van der Waals surface area contributed by atoms with Crippen LogP contribution in [0.4, 0.5) is 4.39 Å². The van der Waals surface area contributed by atoms with Crippen molar-refractivity contribution in [1.82, 2.24) is 0 Å². The molecule has 0 saturated heterocycles.